The first kappa shape index (κ1) is 12.4. The van der Waals surface area contributed by atoms with E-state index < -0.39 is 11.6 Å². The van der Waals surface area contributed by atoms with Crippen LogP contribution < -0.4 is 5.32 Å². The van der Waals surface area contributed by atoms with Crippen molar-refractivity contribution >= 4 is 11.8 Å². The highest BCUT2D eigenvalue weighted by atomic mass is 16.5. The zero-order valence-electron chi connectivity index (χ0n) is 10.7. The average molecular weight is 240 g/mol. The molecule has 2 unspecified atom stereocenters. The maximum absolute atomic E-state index is 12.1. The lowest BCUT2D eigenvalue weighted by atomic mass is 9.95. The molecule has 2 atom stereocenters. The fourth-order valence-electron chi connectivity index (χ4n) is 2.38. The zero-order chi connectivity index (χ0) is 12.6. The van der Waals surface area contributed by atoms with Crippen molar-refractivity contribution < 1.29 is 14.3 Å². The monoisotopic (exact) mass is 240 g/mol. The fraction of sp³-hybridized carbons (Fsp3) is 0.833. The minimum absolute atomic E-state index is 0.0231. The smallest absolute Gasteiger partial charge is 0.246 e. The van der Waals surface area contributed by atoms with E-state index in [-0.39, 0.29) is 17.9 Å². The second-order valence-corrected chi connectivity index (χ2v) is 5.34. The van der Waals surface area contributed by atoms with Crippen LogP contribution in [0.2, 0.25) is 0 Å². The molecule has 0 saturated carbocycles. The molecule has 0 aliphatic carbocycles. The second kappa shape index (κ2) is 4.29. The highest BCUT2D eigenvalue weighted by Gasteiger charge is 2.45. The van der Waals surface area contributed by atoms with Gasteiger partial charge in [-0.15, -0.1) is 0 Å². The van der Waals surface area contributed by atoms with Gasteiger partial charge in [-0.25, -0.2) is 0 Å². The largest absolute Gasteiger partial charge is 0.376 e. The summed E-state index contributed by atoms with van der Waals surface area (Å²) < 4.78 is 5.54. The number of hydrogen-bond donors (Lipinski definition) is 1. The summed E-state index contributed by atoms with van der Waals surface area (Å²) >= 11 is 0. The van der Waals surface area contributed by atoms with E-state index >= 15 is 0 Å². The van der Waals surface area contributed by atoms with Crippen molar-refractivity contribution in [2.24, 2.45) is 0 Å². The van der Waals surface area contributed by atoms with Gasteiger partial charge in [0.1, 0.15) is 11.6 Å². The topological polar surface area (TPSA) is 58.6 Å². The summed E-state index contributed by atoms with van der Waals surface area (Å²) in [6, 6.07) is -0.433. The first-order valence-electron chi connectivity index (χ1n) is 6.17. The van der Waals surface area contributed by atoms with E-state index in [2.05, 4.69) is 5.32 Å². The van der Waals surface area contributed by atoms with Crippen LogP contribution in [0.3, 0.4) is 0 Å². The van der Waals surface area contributed by atoms with E-state index in [0.717, 1.165) is 19.4 Å². The molecular weight excluding hydrogens is 220 g/mol. The molecule has 0 spiro atoms. The van der Waals surface area contributed by atoms with Crippen molar-refractivity contribution in [2.45, 2.75) is 51.3 Å². The molecule has 2 amide bonds. The van der Waals surface area contributed by atoms with Crippen LogP contribution >= 0.6 is 0 Å². The third-order valence-corrected chi connectivity index (χ3v) is 3.62. The third-order valence-electron chi connectivity index (χ3n) is 3.62. The number of nitrogens with one attached hydrogen (secondary N) is 1. The maximum atomic E-state index is 12.1. The number of rotatable bonds is 2. The highest BCUT2D eigenvalue weighted by Crippen LogP contribution is 2.24. The van der Waals surface area contributed by atoms with E-state index in [0.29, 0.717) is 6.54 Å². The Morgan fingerprint density at radius 1 is 1.47 bits per heavy atom. The predicted molar refractivity (Wildman–Crippen MR) is 62.4 cm³/mol. The number of piperazine rings is 1. The van der Waals surface area contributed by atoms with Crippen molar-refractivity contribution in [2.75, 3.05) is 13.2 Å². The van der Waals surface area contributed by atoms with Crippen molar-refractivity contribution in [3.63, 3.8) is 0 Å². The van der Waals surface area contributed by atoms with Gasteiger partial charge >= 0.3 is 0 Å². The lowest BCUT2D eigenvalue weighted by Gasteiger charge is -2.44. The Morgan fingerprint density at radius 3 is 2.76 bits per heavy atom. The van der Waals surface area contributed by atoms with Crippen molar-refractivity contribution in [1.29, 1.82) is 0 Å². The number of amides is 2. The summed E-state index contributed by atoms with van der Waals surface area (Å²) in [6.45, 7) is 6.55. The number of carbonyl (C=O) groups is 2. The number of carbonyl (C=O) groups excluding carboxylic acids is 2. The molecule has 2 fully saturated rings. The van der Waals surface area contributed by atoms with Crippen molar-refractivity contribution in [3.05, 3.63) is 0 Å². The first-order valence-corrected chi connectivity index (χ1v) is 6.17. The Labute approximate surface area is 101 Å². The Hall–Kier alpha value is -1.10. The van der Waals surface area contributed by atoms with E-state index in [1.165, 1.54) is 0 Å². The summed E-state index contributed by atoms with van der Waals surface area (Å²) in [6.07, 6.45) is 2.08. The number of nitrogens with zero attached hydrogens (tertiary/aromatic N) is 1. The van der Waals surface area contributed by atoms with Crippen LogP contribution in [-0.2, 0) is 14.3 Å². The SMILES string of the molecule is CC1NC(=O)C(C)(C)N(CC2CCCO2)C1=O. The van der Waals surface area contributed by atoms with E-state index in [1.807, 2.05) is 0 Å². The molecule has 2 aliphatic rings. The molecule has 96 valence electrons. The zero-order valence-corrected chi connectivity index (χ0v) is 10.7. The third kappa shape index (κ3) is 2.16. The molecule has 5 heteroatoms. The van der Waals surface area contributed by atoms with Gasteiger partial charge < -0.3 is 15.0 Å². The Bertz CT molecular complexity index is 335. The summed E-state index contributed by atoms with van der Waals surface area (Å²) in [4.78, 5) is 25.7. The van der Waals surface area contributed by atoms with Crippen molar-refractivity contribution in [3.8, 4) is 0 Å². The lowest BCUT2D eigenvalue weighted by molar-refractivity contribution is -0.156. The van der Waals surface area contributed by atoms with Crippen LogP contribution in [0.15, 0.2) is 0 Å². The normalized spacial score (nSPS) is 32.8. The highest BCUT2D eigenvalue weighted by molar-refractivity contribution is 5.99. The van der Waals surface area contributed by atoms with Crippen LogP contribution in [0.25, 0.3) is 0 Å². The molecule has 2 heterocycles. The van der Waals surface area contributed by atoms with Gasteiger partial charge in [-0.3, -0.25) is 9.59 Å². The van der Waals surface area contributed by atoms with Crippen LogP contribution in [0.4, 0.5) is 0 Å². The molecule has 0 radical (unpaired) electrons. The van der Waals surface area contributed by atoms with Gasteiger partial charge in [0, 0.05) is 13.2 Å². The molecule has 17 heavy (non-hydrogen) atoms. The van der Waals surface area contributed by atoms with Crippen molar-refractivity contribution in [1.82, 2.24) is 10.2 Å². The molecular formula is C12H20N2O3. The summed E-state index contributed by atoms with van der Waals surface area (Å²) in [5.74, 6) is -0.118. The molecule has 5 nitrogen and oxygen atoms in total. The predicted octanol–water partition coefficient (Wildman–Crippen LogP) is 0.291. The minimum Gasteiger partial charge on any atom is -0.376 e. The number of ether oxygens (including phenoxy) is 1. The Morgan fingerprint density at radius 2 is 2.18 bits per heavy atom. The maximum Gasteiger partial charge on any atom is 0.246 e. The standard InChI is InChI=1S/C12H20N2O3/c1-8-10(15)14(7-9-5-4-6-17-9)12(2,3)11(16)13-8/h8-9H,4-7H2,1-3H3,(H,13,16). The summed E-state index contributed by atoms with van der Waals surface area (Å²) in [5, 5.41) is 2.70. The average Bonchev–Trinajstić information content (AvgIpc) is 2.75. The van der Waals surface area contributed by atoms with Gasteiger partial charge in [0.25, 0.3) is 0 Å². The van der Waals surface area contributed by atoms with Crippen LogP contribution in [0.5, 0.6) is 0 Å². The van der Waals surface area contributed by atoms with E-state index in [1.54, 1.807) is 25.7 Å². The van der Waals surface area contributed by atoms with Gasteiger partial charge in [-0.05, 0) is 33.6 Å². The number of hydrogen-bond acceptors (Lipinski definition) is 3. The summed E-state index contributed by atoms with van der Waals surface area (Å²) in [7, 11) is 0. The fourth-order valence-corrected chi connectivity index (χ4v) is 2.38. The molecule has 0 aromatic carbocycles. The first-order chi connectivity index (χ1) is 7.93. The van der Waals surface area contributed by atoms with E-state index in [4.69, 9.17) is 4.74 Å². The van der Waals surface area contributed by atoms with Gasteiger partial charge in [-0.2, -0.15) is 0 Å². The molecule has 0 aromatic rings. The van der Waals surface area contributed by atoms with Crippen LogP contribution in [0, 0.1) is 0 Å². The molecule has 1 N–H and O–H groups in total. The van der Waals surface area contributed by atoms with E-state index in [9.17, 15) is 9.59 Å². The molecule has 0 aromatic heterocycles. The minimum atomic E-state index is -0.782. The molecule has 2 rings (SSSR count). The van der Waals surface area contributed by atoms with Gasteiger partial charge in [0.05, 0.1) is 6.10 Å². The second-order valence-electron chi connectivity index (χ2n) is 5.34. The van der Waals surface area contributed by atoms with Crippen LogP contribution in [0.1, 0.15) is 33.6 Å². The van der Waals surface area contributed by atoms with Crippen LogP contribution in [-0.4, -0.2) is 47.6 Å². The quantitative estimate of drug-likeness (QED) is 0.755. The Kier molecular flexibility index (Phi) is 3.12. The molecule has 2 saturated heterocycles. The lowest BCUT2D eigenvalue weighted by Crippen LogP contribution is -2.68. The van der Waals surface area contributed by atoms with Gasteiger partial charge in [0.15, 0.2) is 0 Å². The summed E-state index contributed by atoms with van der Waals surface area (Å²) in [5.41, 5.74) is -0.782. The Balaban J connectivity index is 2.14. The molecule has 2 aliphatic heterocycles. The van der Waals surface area contributed by atoms with Gasteiger partial charge in [-0.1, -0.05) is 0 Å². The molecule has 0 bridgehead atoms. The van der Waals surface area contributed by atoms with Gasteiger partial charge in [0.2, 0.25) is 11.8 Å².